The summed E-state index contributed by atoms with van der Waals surface area (Å²) in [6, 6.07) is 12.0. The predicted molar refractivity (Wildman–Crippen MR) is 123 cm³/mol. The molecule has 0 aliphatic carbocycles. The van der Waals surface area contributed by atoms with Gasteiger partial charge >= 0.3 is 5.97 Å². The van der Waals surface area contributed by atoms with Crippen molar-refractivity contribution in [2.24, 2.45) is 0 Å². The van der Waals surface area contributed by atoms with Gasteiger partial charge in [0, 0.05) is 24.9 Å². The summed E-state index contributed by atoms with van der Waals surface area (Å²) in [5.41, 5.74) is 0.0325. The lowest BCUT2D eigenvalue weighted by molar-refractivity contribution is -0.147. The number of aromatic nitrogens is 2. The fourth-order valence-electron chi connectivity index (χ4n) is 5.23. The standard InChI is InChI=1S/C26H23F2N3O5/c1-15(32)35-14-36-25-20(33)13-29-31-23(19-11-6-12-30(19)26(34)24(25)31)21(16-7-3-2-4-8-16)17-9-5-10-18(27)22(17)28/h2-5,7-10,13,19,21,23H,6,11-12,14H2,1H3/t19-,21?,23-/m1/s1. The second-order valence-corrected chi connectivity index (χ2v) is 8.76. The zero-order chi connectivity index (χ0) is 25.4. The summed E-state index contributed by atoms with van der Waals surface area (Å²) in [5, 5.41) is 4.29. The van der Waals surface area contributed by atoms with Crippen LogP contribution in [0, 0.1) is 11.6 Å². The number of halogens is 2. The first-order valence-corrected chi connectivity index (χ1v) is 11.6. The van der Waals surface area contributed by atoms with E-state index >= 15 is 4.39 Å². The first-order valence-electron chi connectivity index (χ1n) is 11.6. The normalized spacial score (nSPS) is 19.4. The summed E-state index contributed by atoms with van der Waals surface area (Å²) < 4.78 is 41.3. The molecule has 186 valence electrons. The fraction of sp³-hybridized carbons (Fsp3) is 0.308. The molecule has 2 aromatic carbocycles. The largest absolute Gasteiger partial charge is 0.451 e. The van der Waals surface area contributed by atoms with Crippen molar-refractivity contribution >= 4 is 11.9 Å². The Morgan fingerprint density at radius 3 is 2.67 bits per heavy atom. The van der Waals surface area contributed by atoms with Gasteiger partial charge < -0.3 is 14.4 Å². The molecular weight excluding hydrogens is 472 g/mol. The molecule has 0 spiro atoms. The maximum absolute atomic E-state index is 15.3. The van der Waals surface area contributed by atoms with Crippen LogP contribution in [0.25, 0.3) is 0 Å². The van der Waals surface area contributed by atoms with E-state index in [0.717, 1.165) is 12.3 Å². The molecule has 36 heavy (non-hydrogen) atoms. The highest BCUT2D eigenvalue weighted by Gasteiger charge is 2.48. The average molecular weight is 495 g/mol. The van der Waals surface area contributed by atoms with Crippen LogP contribution in [0.3, 0.4) is 0 Å². The molecule has 0 radical (unpaired) electrons. The minimum atomic E-state index is -0.985. The molecule has 3 aromatic rings. The first kappa shape index (κ1) is 23.7. The Morgan fingerprint density at radius 1 is 1.14 bits per heavy atom. The lowest BCUT2D eigenvalue weighted by Gasteiger charge is -2.42. The molecule has 1 fully saturated rings. The van der Waals surface area contributed by atoms with Gasteiger partial charge in [0.1, 0.15) is 0 Å². The third-order valence-corrected chi connectivity index (χ3v) is 6.69. The number of carbonyl (C=O) groups excluding carboxylic acids is 2. The van der Waals surface area contributed by atoms with E-state index < -0.39 is 47.7 Å². The van der Waals surface area contributed by atoms with Gasteiger partial charge in [-0.05, 0) is 24.5 Å². The summed E-state index contributed by atoms with van der Waals surface area (Å²) in [7, 11) is 0. The first-order chi connectivity index (χ1) is 17.4. The Labute approximate surface area is 205 Å². The Kier molecular flexibility index (Phi) is 6.26. The van der Waals surface area contributed by atoms with Gasteiger partial charge in [-0.3, -0.25) is 19.1 Å². The molecule has 1 saturated heterocycles. The molecule has 1 amide bonds. The highest BCUT2D eigenvalue weighted by Crippen LogP contribution is 2.46. The number of ether oxygens (including phenoxy) is 2. The van der Waals surface area contributed by atoms with Gasteiger partial charge in [-0.15, -0.1) is 0 Å². The number of amides is 1. The van der Waals surface area contributed by atoms with E-state index in [1.54, 1.807) is 17.0 Å². The Morgan fingerprint density at radius 2 is 1.92 bits per heavy atom. The second-order valence-electron chi connectivity index (χ2n) is 8.76. The smallest absolute Gasteiger partial charge is 0.305 e. The lowest BCUT2D eigenvalue weighted by atomic mass is 9.79. The van der Waals surface area contributed by atoms with Gasteiger partial charge in [0.2, 0.25) is 18.0 Å². The van der Waals surface area contributed by atoms with Crippen molar-refractivity contribution < 1.29 is 27.8 Å². The van der Waals surface area contributed by atoms with Crippen molar-refractivity contribution in [3.63, 3.8) is 0 Å². The number of rotatable bonds is 6. The highest BCUT2D eigenvalue weighted by atomic mass is 19.2. The number of esters is 1. The van der Waals surface area contributed by atoms with Crippen molar-refractivity contribution in [2.45, 2.75) is 37.8 Å². The van der Waals surface area contributed by atoms with Crippen LogP contribution in [0.15, 0.2) is 59.5 Å². The fourth-order valence-corrected chi connectivity index (χ4v) is 5.23. The van der Waals surface area contributed by atoms with Crippen LogP contribution in [0.2, 0.25) is 0 Å². The molecular formula is C26H23F2N3O5. The molecule has 2 aliphatic heterocycles. The van der Waals surface area contributed by atoms with Crippen molar-refractivity contribution in [3.8, 4) is 5.75 Å². The maximum atomic E-state index is 15.3. The number of fused-ring (bicyclic) bond motifs is 2. The monoisotopic (exact) mass is 495 g/mol. The zero-order valence-electron chi connectivity index (χ0n) is 19.4. The van der Waals surface area contributed by atoms with Crippen LogP contribution in [0.5, 0.6) is 5.75 Å². The van der Waals surface area contributed by atoms with E-state index in [0.29, 0.717) is 24.9 Å². The molecule has 0 N–H and O–H groups in total. The minimum absolute atomic E-state index is 0.112. The molecule has 10 heteroatoms. The van der Waals surface area contributed by atoms with Crippen molar-refractivity contribution in [3.05, 3.63) is 93.4 Å². The van der Waals surface area contributed by atoms with E-state index in [1.807, 2.05) is 18.2 Å². The van der Waals surface area contributed by atoms with Gasteiger partial charge in [-0.25, -0.2) is 8.78 Å². The van der Waals surface area contributed by atoms with E-state index in [2.05, 4.69) is 5.10 Å². The molecule has 3 atom stereocenters. The van der Waals surface area contributed by atoms with Crippen LogP contribution in [-0.4, -0.2) is 45.9 Å². The summed E-state index contributed by atoms with van der Waals surface area (Å²) in [6.07, 6.45) is 2.33. The minimum Gasteiger partial charge on any atom is -0.451 e. The Hall–Kier alpha value is -4.08. The van der Waals surface area contributed by atoms with E-state index in [4.69, 9.17) is 9.47 Å². The molecule has 1 unspecified atom stereocenters. The number of hydrogen-bond donors (Lipinski definition) is 0. The third-order valence-electron chi connectivity index (χ3n) is 6.69. The van der Waals surface area contributed by atoms with Crippen molar-refractivity contribution in [1.82, 2.24) is 14.7 Å². The van der Waals surface area contributed by atoms with Crippen molar-refractivity contribution in [1.29, 1.82) is 0 Å². The second kappa shape index (κ2) is 9.52. The van der Waals surface area contributed by atoms with Crippen LogP contribution in [-0.2, 0) is 9.53 Å². The van der Waals surface area contributed by atoms with Gasteiger partial charge in [-0.2, -0.15) is 5.10 Å². The van der Waals surface area contributed by atoms with E-state index in [-0.39, 0.29) is 23.0 Å². The zero-order valence-corrected chi connectivity index (χ0v) is 19.4. The lowest BCUT2D eigenvalue weighted by Crippen LogP contribution is -2.51. The van der Waals surface area contributed by atoms with Gasteiger partial charge in [0.05, 0.1) is 18.3 Å². The van der Waals surface area contributed by atoms with Crippen molar-refractivity contribution in [2.75, 3.05) is 13.3 Å². The molecule has 0 bridgehead atoms. The number of hydrogen-bond acceptors (Lipinski definition) is 6. The van der Waals surface area contributed by atoms with Gasteiger partial charge in [-0.1, -0.05) is 42.5 Å². The molecule has 1 aromatic heterocycles. The average Bonchev–Trinajstić information content (AvgIpc) is 3.35. The predicted octanol–water partition coefficient (Wildman–Crippen LogP) is 3.41. The van der Waals surface area contributed by atoms with Gasteiger partial charge in [0.25, 0.3) is 5.91 Å². The van der Waals surface area contributed by atoms with Crippen LogP contribution >= 0.6 is 0 Å². The molecule has 2 aliphatic rings. The quantitative estimate of drug-likeness (QED) is 0.385. The third kappa shape index (κ3) is 4.02. The summed E-state index contributed by atoms with van der Waals surface area (Å²) >= 11 is 0. The van der Waals surface area contributed by atoms with Gasteiger partial charge in [0.15, 0.2) is 17.3 Å². The Balaban J connectivity index is 1.73. The van der Waals surface area contributed by atoms with E-state index in [9.17, 15) is 18.8 Å². The Bertz CT molecular complexity index is 1380. The molecule has 0 saturated carbocycles. The number of nitrogens with zero attached hydrogens (tertiary/aromatic N) is 3. The summed E-state index contributed by atoms with van der Waals surface area (Å²) in [6.45, 7) is 1.05. The number of carbonyl (C=O) groups is 2. The molecule has 8 nitrogen and oxygen atoms in total. The summed E-state index contributed by atoms with van der Waals surface area (Å²) in [4.78, 5) is 39.1. The highest BCUT2D eigenvalue weighted by molar-refractivity contribution is 5.96. The maximum Gasteiger partial charge on any atom is 0.305 e. The summed E-state index contributed by atoms with van der Waals surface area (Å²) in [5.74, 6) is -4.09. The van der Waals surface area contributed by atoms with E-state index in [1.165, 1.54) is 23.7 Å². The van der Waals surface area contributed by atoms with Crippen LogP contribution in [0.4, 0.5) is 8.78 Å². The van der Waals surface area contributed by atoms with Crippen LogP contribution < -0.4 is 10.2 Å². The number of benzene rings is 2. The van der Waals surface area contributed by atoms with Crippen LogP contribution in [0.1, 0.15) is 53.3 Å². The SMILES string of the molecule is CC(=O)OCOc1c2n(ncc1=O)[C@@H](C(c1ccccc1)c1cccc(F)c1F)[C@H]1CCCN1C2=O. The molecule has 3 heterocycles. The topological polar surface area (TPSA) is 90.7 Å². The molecule has 5 rings (SSSR count).